The predicted octanol–water partition coefficient (Wildman–Crippen LogP) is 3.92. The minimum Gasteiger partial charge on any atom is -0.481 e. The van der Waals surface area contributed by atoms with Crippen LogP contribution < -0.4 is 10.6 Å². The van der Waals surface area contributed by atoms with Gasteiger partial charge in [-0.25, -0.2) is 4.79 Å². The van der Waals surface area contributed by atoms with Gasteiger partial charge in [-0.05, 0) is 42.0 Å². The minimum atomic E-state index is -1.27. The Kier molecular flexibility index (Phi) is 6.87. The molecule has 1 aliphatic rings. The highest BCUT2D eigenvalue weighted by Crippen LogP contribution is 2.44. The van der Waals surface area contributed by atoms with Gasteiger partial charge in [-0.2, -0.15) is 0 Å². The molecule has 0 unspecified atom stereocenters. The lowest BCUT2D eigenvalue weighted by Gasteiger charge is -2.29. The van der Waals surface area contributed by atoms with Crippen molar-refractivity contribution in [2.45, 2.75) is 51.6 Å². The molecular formula is C25H30N2O5. The molecule has 0 saturated carbocycles. The van der Waals surface area contributed by atoms with E-state index in [-0.39, 0.29) is 24.9 Å². The zero-order valence-electron chi connectivity index (χ0n) is 18.8. The Bertz CT molecular complexity index is 969. The zero-order valence-corrected chi connectivity index (χ0v) is 18.8. The minimum absolute atomic E-state index is 0.0692. The number of benzene rings is 2. The molecule has 7 heteroatoms. The van der Waals surface area contributed by atoms with Gasteiger partial charge in [0.05, 0.1) is 6.42 Å². The molecule has 0 spiro atoms. The number of carboxylic acid groups (broad SMARTS) is 1. The number of hydrogen-bond acceptors (Lipinski definition) is 4. The quantitative estimate of drug-likeness (QED) is 0.579. The van der Waals surface area contributed by atoms with Crippen molar-refractivity contribution < 1.29 is 24.2 Å². The maximum atomic E-state index is 12.7. The lowest BCUT2D eigenvalue weighted by Crippen LogP contribution is -2.57. The lowest BCUT2D eigenvalue weighted by atomic mass is 9.98. The van der Waals surface area contributed by atoms with Gasteiger partial charge >= 0.3 is 12.1 Å². The van der Waals surface area contributed by atoms with Crippen LogP contribution in [0.5, 0.6) is 0 Å². The van der Waals surface area contributed by atoms with Crippen LogP contribution >= 0.6 is 0 Å². The summed E-state index contributed by atoms with van der Waals surface area (Å²) in [6.45, 7) is 6.93. The van der Waals surface area contributed by atoms with E-state index in [0.717, 1.165) is 22.3 Å². The van der Waals surface area contributed by atoms with Crippen LogP contribution in [0.25, 0.3) is 11.1 Å². The average molecular weight is 439 g/mol. The first-order valence-electron chi connectivity index (χ1n) is 10.8. The second kappa shape index (κ2) is 9.42. The number of carboxylic acids is 1. The Balaban J connectivity index is 1.63. The Morgan fingerprint density at radius 1 is 1.00 bits per heavy atom. The maximum absolute atomic E-state index is 12.7. The molecule has 0 bridgehead atoms. The number of amides is 2. The SMILES string of the molecule is CC(C)[C@H](CC(=O)O)NC(=O)C(C)(C)NC(=O)OCC1c2ccccc2-c2ccccc21. The zero-order chi connectivity index (χ0) is 23.5. The molecule has 2 aromatic rings. The van der Waals surface area contributed by atoms with Crippen LogP contribution in [0, 0.1) is 5.92 Å². The topological polar surface area (TPSA) is 105 Å². The summed E-state index contributed by atoms with van der Waals surface area (Å²) in [5, 5.41) is 14.4. The summed E-state index contributed by atoms with van der Waals surface area (Å²) in [4.78, 5) is 36.3. The Morgan fingerprint density at radius 3 is 2.03 bits per heavy atom. The van der Waals surface area contributed by atoms with E-state index in [1.165, 1.54) is 0 Å². The molecule has 0 aliphatic heterocycles. The summed E-state index contributed by atoms with van der Waals surface area (Å²) in [7, 11) is 0. The van der Waals surface area contributed by atoms with E-state index in [0.29, 0.717) is 0 Å². The van der Waals surface area contributed by atoms with Crippen molar-refractivity contribution in [2.24, 2.45) is 5.92 Å². The highest BCUT2D eigenvalue weighted by molar-refractivity contribution is 5.89. The molecule has 1 aliphatic carbocycles. The predicted molar refractivity (Wildman–Crippen MR) is 121 cm³/mol. The first-order valence-corrected chi connectivity index (χ1v) is 10.8. The van der Waals surface area contributed by atoms with E-state index < -0.39 is 29.6 Å². The van der Waals surface area contributed by atoms with Crippen molar-refractivity contribution in [3.8, 4) is 11.1 Å². The summed E-state index contributed by atoms with van der Waals surface area (Å²) in [5.41, 5.74) is 3.21. The number of ether oxygens (including phenoxy) is 1. The number of carbonyl (C=O) groups excluding carboxylic acids is 2. The first-order chi connectivity index (χ1) is 15.1. The molecule has 32 heavy (non-hydrogen) atoms. The van der Waals surface area contributed by atoms with E-state index in [1.807, 2.05) is 50.2 Å². The van der Waals surface area contributed by atoms with Crippen LogP contribution in [0.3, 0.4) is 0 Å². The van der Waals surface area contributed by atoms with Gasteiger partial charge in [0.25, 0.3) is 0 Å². The van der Waals surface area contributed by atoms with E-state index in [9.17, 15) is 14.4 Å². The number of fused-ring (bicyclic) bond motifs is 3. The molecule has 2 aromatic carbocycles. The van der Waals surface area contributed by atoms with E-state index in [1.54, 1.807) is 13.8 Å². The smallest absolute Gasteiger partial charge is 0.408 e. The second-order valence-corrected chi connectivity index (χ2v) is 9.00. The third-order valence-electron chi connectivity index (χ3n) is 5.84. The summed E-state index contributed by atoms with van der Waals surface area (Å²) in [6.07, 6.45) is -0.893. The fourth-order valence-electron chi connectivity index (χ4n) is 3.94. The van der Waals surface area contributed by atoms with Crippen LogP contribution in [-0.2, 0) is 14.3 Å². The summed E-state index contributed by atoms with van der Waals surface area (Å²) >= 11 is 0. The van der Waals surface area contributed by atoms with Crippen molar-refractivity contribution in [3.05, 3.63) is 59.7 Å². The second-order valence-electron chi connectivity index (χ2n) is 9.00. The monoisotopic (exact) mass is 438 g/mol. The van der Waals surface area contributed by atoms with Crippen molar-refractivity contribution in [2.75, 3.05) is 6.61 Å². The molecule has 0 radical (unpaired) electrons. The fraction of sp³-hybridized carbons (Fsp3) is 0.400. The molecule has 0 saturated heterocycles. The van der Waals surface area contributed by atoms with Gasteiger partial charge in [0.1, 0.15) is 12.1 Å². The molecular weight excluding hydrogens is 408 g/mol. The number of nitrogens with one attached hydrogen (secondary N) is 2. The Morgan fingerprint density at radius 2 is 1.53 bits per heavy atom. The number of aliphatic carboxylic acids is 1. The van der Waals surface area contributed by atoms with Gasteiger partial charge in [0, 0.05) is 12.0 Å². The van der Waals surface area contributed by atoms with Crippen molar-refractivity contribution in [3.63, 3.8) is 0 Å². The maximum Gasteiger partial charge on any atom is 0.408 e. The van der Waals surface area contributed by atoms with Gasteiger partial charge in [0.15, 0.2) is 0 Å². The number of hydrogen-bond donors (Lipinski definition) is 3. The van der Waals surface area contributed by atoms with Crippen LogP contribution in [0.1, 0.15) is 51.2 Å². The highest BCUT2D eigenvalue weighted by atomic mass is 16.5. The molecule has 3 N–H and O–H groups in total. The third kappa shape index (κ3) is 5.10. The number of carbonyl (C=O) groups is 3. The van der Waals surface area contributed by atoms with Gasteiger partial charge in [-0.15, -0.1) is 0 Å². The van der Waals surface area contributed by atoms with Crippen molar-refractivity contribution >= 4 is 18.0 Å². The van der Waals surface area contributed by atoms with E-state index in [2.05, 4.69) is 22.8 Å². The normalized spacial score (nSPS) is 13.8. The standard InChI is InChI=1S/C25H30N2O5/c1-15(2)21(13-22(28)29)26-23(30)25(3,4)27-24(31)32-14-20-18-11-7-5-9-16(18)17-10-6-8-12-19(17)20/h5-12,15,20-21H,13-14H2,1-4H3,(H,26,30)(H,27,31)(H,28,29)/t21-/m0/s1. The van der Waals surface area contributed by atoms with E-state index >= 15 is 0 Å². The van der Waals surface area contributed by atoms with Crippen LogP contribution in [0.2, 0.25) is 0 Å². The van der Waals surface area contributed by atoms with Crippen LogP contribution in [-0.4, -0.2) is 41.3 Å². The van der Waals surface area contributed by atoms with E-state index in [4.69, 9.17) is 9.84 Å². The molecule has 7 nitrogen and oxygen atoms in total. The molecule has 0 fully saturated rings. The molecule has 3 rings (SSSR count). The van der Waals surface area contributed by atoms with Crippen molar-refractivity contribution in [1.82, 2.24) is 10.6 Å². The van der Waals surface area contributed by atoms with Gasteiger partial charge < -0.3 is 20.5 Å². The fourth-order valence-corrected chi connectivity index (χ4v) is 3.94. The van der Waals surface area contributed by atoms with Gasteiger partial charge in [-0.1, -0.05) is 62.4 Å². The number of rotatable bonds is 8. The Labute approximate surface area is 188 Å². The molecule has 0 aromatic heterocycles. The molecule has 2 amide bonds. The first kappa shape index (κ1) is 23.3. The third-order valence-corrected chi connectivity index (χ3v) is 5.84. The largest absolute Gasteiger partial charge is 0.481 e. The van der Waals surface area contributed by atoms with Crippen molar-refractivity contribution in [1.29, 1.82) is 0 Å². The Hall–Kier alpha value is -3.35. The molecule has 0 heterocycles. The van der Waals surface area contributed by atoms with Crippen LogP contribution in [0.15, 0.2) is 48.5 Å². The average Bonchev–Trinajstić information content (AvgIpc) is 3.05. The van der Waals surface area contributed by atoms with Crippen LogP contribution in [0.4, 0.5) is 4.79 Å². The summed E-state index contributed by atoms with van der Waals surface area (Å²) < 4.78 is 5.52. The van der Waals surface area contributed by atoms with Gasteiger partial charge in [-0.3, -0.25) is 9.59 Å². The molecule has 1 atom stereocenters. The summed E-state index contributed by atoms with van der Waals surface area (Å²) in [6, 6.07) is 15.6. The number of alkyl carbamates (subject to hydrolysis) is 1. The van der Waals surface area contributed by atoms with Gasteiger partial charge in [0.2, 0.25) is 5.91 Å². The lowest BCUT2D eigenvalue weighted by molar-refractivity contribution is -0.138. The molecule has 170 valence electrons. The highest BCUT2D eigenvalue weighted by Gasteiger charge is 2.34. The summed E-state index contributed by atoms with van der Waals surface area (Å²) in [5.74, 6) is -1.61.